The summed E-state index contributed by atoms with van der Waals surface area (Å²) in [5.74, 6) is -0.843. The summed E-state index contributed by atoms with van der Waals surface area (Å²) < 4.78 is 1.32. The van der Waals surface area contributed by atoms with E-state index in [0.717, 1.165) is 19.4 Å². The zero-order chi connectivity index (χ0) is 13.1. The van der Waals surface area contributed by atoms with Gasteiger partial charge in [0, 0.05) is 24.0 Å². The average Bonchev–Trinajstić information content (AvgIpc) is 2.79. The van der Waals surface area contributed by atoms with E-state index in [2.05, 4.69) is 30.2 Å². The van der Waals surface area contributed by atoms with Gasteiger partial charge in [-0.1, -0.05) is 0 Å². The molecule has 3 nitrogen and oxygen atoms in total. The van der Waals surface area contributed by atoms with Crippen molar-refractivity contribution in [3.05, 3.63) is 17.0 Å². The maximum atomic E-state index is 11.1. The minimum Gasteiger partial charge on any atom is -0.481 e. The van der Waals surface area contributed by atoms with Crippen LogP contribution in [-0.2, 0) is 11.3 Å². The highest BCUT2D eigenvalue weighted by Gasteiger charge is 2.29. The van der Waals surface area contributed by atoms with Gasteiger partial charge in [-0.2, -0.15) is 0 Å². The summed E-state index contributed by atoms with van der Waals surface area (Å²) in [6, 6.07) is 4.79. The molecule has 100 valence electrons. The summed E-state index contributed by atoms with van der Waals surface area (Å²) in [5.41, 5.74) is 0. The van der Waals surface area contributed by atoms with Crippen molar-refractivity contribution in [3.63, 3.8) is 0 Å². The number of carboxylic acid groups (broad SMARTS) is 1. The van der Waals surface area contributed by atoms with Crippen LogP contribution in [0.3, 0.4) is 0 Å². The Hall–Kier alpha value is -0.520. The van der Waals surface area contributed by atoms with Crippen molar-refractivity contribution in [2.24, 2.45) is 5.92 Å². The number of carboxylic acids is 1. The lowest BCUT2D eigenvalue weighted by atomic mass is 9.93. The molecule has 1 aromatic heterocycles. The molecule has 0 aliphatic carbocycles. The first kappa shape index (κ1) is 13.9. The van der Waals surface area contributed by atoms with E-state index in [4.69, 9.17) is 5.11 Å². The van der Waals surface area contributed by atoms with E-state index in [0.29, 0.717) is 12.6 Å². The van der Waals surface area contributed by atoms with E-state index in [1.807, 2.05) is 11.3 Å². The van der Waals surface area contributed by atoms with Crippen molar-refractivity contribution >= 4 is 29.1 Å². The number of thioether (sulfide) groups is 1. The first-order valence-corrected chi connectivity index (χ1v) is 8.24. The molecule has 0 amide bonds. The summed E-state index contributed by atoms with van der Waals surface area (Å²) in [6.07, 6.45) is 3.88. The van der Waals surface area contributed by atoms with Gasteiger partial charge in [0.05, 0.1) is 10.1 Å². The number of nitrogens with zero attached hydrogens (tertiary/aromatic N) is 1. The normalized spacial score (nSPS) is 25.2. The van der Waals surface area contributed by atoms with Crippen LogP contribution in [0.15, 0.2) is 16.3 Å². The average molecular weight is 285 g/mol. The van der Waals surface area contributed by atoms with Gasteiger partial charge in [0.2, 0.25) is 0 Å². The van der Waals surface area contributed by atoms with Crippen LogP contribution in [0.1, 0.15) is 24.6 Å². The number of thiophene rings is 1. The Morgan fingerprint density at radius 1 is 1.56 bits per heavy atom. The predicted molar refractivity (Wildman–Crippen MR) is 76.3 cm³/mol. The highest BCUT2D eigenvalue weighted by atomic mass is 32.2. The number of rotatable bonds is 4. The van der Waals surface area contributed by atoms with E-state index >= 15 is 0 Å². The van der Waals surface area contributed by atoms with Crippen LogP contribution in [0.2, 0.25) is 0 Å². The first-order chi connectivity index (χ1) is 8.60. The fourth-order valence-electron chi connectivity index (χ4n) is 2.35. The molecule has 0 radical (unpaired) electrons. The van der Waals surface area contributed by atoms with Crippen LogP contribution in [0, 0.1) is 5.92 Å². The Morgan fingerprint density at radius 2 is 2.33 bits per heavy atom. The fourth-order valence-corrected chi connectivity index (χ4v) is 3.97. The van der Waals surface area contributed by atoms with E-state index in [1.54, 1.807) is 11.8 Å². The quantitative estimate of drug-likeness (QED) is 0.863. The second-order valence-electron chi connectivity index (χ2n) is 4.82. The van der Waals surface area contributed by atoms with Crippen LogP contribution < -0.4 is 0 Å². The molecule has 1 N–H and O–H groups in total. The third-order valence-electron chi connectivity index (χ3n) is 3.56. The number of hydrogen-bond acceptors (Lipinski definition) is 4. The predicted octanol–water partition coefficient (Wildman–Crippen LogP) is 3.16. The largest absolute Gasteiger partial charge is 0.481 e. The van der Waals surface area contributed by atoms with Gasteiger partial charge in [0.25, 0.3) is 0 Å². The topological polar surface area (TPSA) is 40.5 Å². The highest BCUT2D eigenvalue weighted by Crippen LogP contribution is 2.29. The van der Waals surface area contributed by atoms with Crippen molar-refractivity contribution in [2.45, 2.75) is 36.6 Å². The van der Waals surface area contributed by atoms with Gasteiger partial charge in [0.15, 0.2) is 0 Å². The van der Waals surface area contributed by atoms with Crippen molar-refractivity contribution in [2.75, 3.05) is 12.8 Å². The molecule has 1 saturated heterocycles. The number of piperidine rings is 1. The van der Waals surface area contributed by atoms with Gasteiger partial charge in [-0.15, -0.1) is 23.1 Å². The van der Waals surface area contributed by atoms with Gasteiger partial charge >= 0.3 is 5.97 Å². The molecule has 1 fully saturated rings. The van der Waals surface area contributed by atoms with Gasteiger partial charge < -0.3 is 5.11 Å². The van der Waals surface area contributed by atoms with Crippen LogP contribution in [0.25, 0.3) is 0 Å². The van der Waals surface area contributed by atoms with Gasteiger partial charge in [-0.05, 0) is 38.2 Å². The Morgan fingerprint density at radius 3 is 2.94 bits per heavy atom. The van der Waals surface area contributed by atoms with Crippen LogP contribution in [0.5, 0.6) is 0 Å². The molecule has 1 aliphatic rings. The summed E-state index contributed by atoms with van der Waals surface area (Å²) in [7, 11) is 0. The summed E-state index contributed by atoms with van der Waals surface area (Å²) in [5, 5.41) is 9.12. The minimum absolute atomic E-state index is 0.193. The van der Waals surface area contributed by atoms with Crippen LogP contribution in [-0.4, -0.2) is 34.8 Å². The van der Waals surface area contributed by atoms with Crippen molar-refractivity contribution in [3.8, 4) is 0 Å². The van der Waals surface area contributed by atoms with Crippen molar-refractivity contribution in [1.29, 1.82) is 0 Å². The van der Waals surface area contributed by atoms with Crippen molar-refractivity contribution < 1.29 is 9.90 Å². The number of carbonyl (C=O) groups is 1. The van der Waals surface area contributed by atoms with E-state index in [1.165, 1.54) is 9.09 Å². The Kier molecular flexibility index (Phi) is 4.70. The maximum absolute atomic E-state index is 11.1. The fraction of sp³-hybridized carbons (Fsp3) is 0.615. The molecular formula is C13H19NO2S2. The molecule has 1 aromatic rings. The Balaban J connectivity index is 1.99. The van der Waals surface area contributed by atoms with E-state index < -0.39 is 5.97 Å². The molecule has 2 atom stereocenters. The van der Waals surface area contributed by atoms with Gasteiger partial charge in [0.1, 0.15) is 0 Å². The van der Waals surface area contributed by atoms with Crippen molar-refractivity contribution in [1.82, 2.24) is 4.90 Å². The first-order valence-electron chi connectivity index (χ1n) is 6.19. The molecule has 0 aromatic carbocycles. The monoisotopic (exact) mass is 285 g/mol. The lowest BCUT2D eigenvalue weighted by Gasteiger charge is -2.36. The number of hydrogen-bond donors (Lipinski definition) is 1. The second kappa shape index (κ2) is 6.08. The molecule has 2 heterocycles. The van der Waals surface area contributed by atoms with Crippen LogP contribution in [0.4, 0.5) is 0 Å². The zero-order valence-corrected chi connectivity index (χ0v) is 12.4. The Labute approximate surface area is 116 Å². The molecule has 2 rings (SSSR count). The number of likely N-dealkylation sites (tertiary alicyclic amines) is 1. The molecular weight excluding hydrogens is 266 g/mol. The minimum atomic E-state index is -0.650. The molecule has 5 heteroatoms. The number of aliphatic carboxylic acids is 1. The molecule has 1 aliphatic heterocycles. The van der Waals surface area contributed by atoms with E-state index in [-0.39, 0.29) is 5.92 Å². The lowest BCUT2D eigenvalue weighted by molar-refractivity contribution is -0.144. The van der Waals surface area contributed by atoms with E-state index in [9.17, 15) is 4.79 Å². The lowest BCUT2D eigenvalue weighted by Crippen LogP contribution is -2.43. The summed E-state index contributed by atoms with van der Waals surface area (Å²) in [4.78, 5) is 14.7. The highest BCUT2D eigenvalue weighted by molar-refractivity contribution is 8.00. The maximum Gasteiger partial charge on any atom is 0.307 e. The smallest absolute Gasteiger partial charge is 0.307 e. The summed E-state index contributed by atoms with van der Waals surface area (Å²) >= 11 is 3.58. The SMILES string of the molecule is CSc1ccc(CN2CC(C(=O)O)CCC2C)s1. The molecule has 0 bridgehead atoms. The molecule has 0 spiro atoms. The molecule has 2 unspecified atom stereocenters. The van der Waals surface area contributed by atoms with Gasteiger partial charge in [-0.3, -0.25) is 9.69 Å². The third kappa shape index (κ3) is 3.28. The standard InChI is InChI=1S/C13H19NO2S2/c1-9-3-4-10(13(15)16)7-14(9)8-11-5-6-12(17-2)18-11/h5-6,9-10H,3-4,7-8H2,1-2H3,(H,15,16). The Bertz CT molecular complexity index is 419. The molecule has 18 heavy (non-hydrogen) atoms. The van der Waals surface area contributed by atoms with Gasteiger partial charge in [-0.25, -0.2) is 0 Å². The van der Waals surface area contributed by atoms with Crippen LogP contribution >= 0.6 is 23.1 Å². The summed E-state index contributed by atoms with van der Waals surface area (Å²) in [6.45, 7) is 3.76. The zero-order valence-electron chi connectivity index (χ0n) is 10.8. The molecule has 0 saturated carbocycles. The third-order valence-corrected chi connectivity index (χ3v) is 5.71. The second-order valence-corrected chi connectivity index (χ2v) is 7.09.